The van der Waals surface area contributed by atoms with Crippen LogP contribution in [0.4, 0.5) is 0 Å². The Morgan fingerprint density at radius 3 is 1.74 bits per heavy atom. The molecule has 0 radical (unpaired) electrons. The second-order valence-electron chi connectivity index (χ2n) is 15.4. The van der Waals surface area contributed by atoms with Crippen molar-refractivity contribution in [3.8, 4) is 0 Å². The number of ether oxygens (including phenoxy) is 4. The van der Waals surface area contributed by atoms with Crippen LogP contribution in [0.25, 0.3) is 0 Å². The van der Waals surface area contributed by atoms with Crippen molar-refractivity contribution < 1.29 is 64.6 Å². The van der Waals surface area contributed by atoms with Crippen LogP contribution in [-0.4, -0.2) is 140 Å². The van der Waals surface area contributed by atoms with E-state index >= 15 is 0 Å². The molecule has 12 unspecified atom stereocenters. The normalized spacial score (nSPS) is 28.7. The summed E-state index contributed by atoms with van der Waals surface area (Å²) in [6, 6.07) is -0.958. The third kappa shape index (κ3) is 22.0. The van der Waals surface area contributed by atoms with E-state index in [9.17, 15) is 45.6 Å². The van der Waals surface area contributed by atoms with Gasteiger partial charge in [-0.2, -0.15) is 0 Å². The number of unbranched alkanes of at least 4 members (excludes halogenated alkanes) is 5. The van der Waals surface area contributed by atoms with Crippen molar-refractivity contribution in [1.29, 1.82) is 0 Å². The maximum Gasteiger partial charge on any atom is 0.220 e. The largest absolute Gasteiger partial charge is 0.394 e. The fourth-order valence-electron chi connectivity index (χ4n) is 6.65. The maximum absolute atomic E-state index is 13.1. The van der Waals surface area contributed by atoms with E-state index in [0.717, 1.165) is 70.6 Å². The van der Waals surface area contributed by atoms with Crippen LogP contribution in [0.3, 0.4) is 0 Å². The number of hydrogen-bond donors (Lipinski definition) is 9. The van der Waals surface area contributed by atoms with Gasteiger partial charge in [0.15, 0.2) is 12.6 Å². The van der Waals surface area contributed by atoms with Gasteiger partial charge in [-0.15, -0.1) is 0 Å². The van der Waals surface area contributed by atoms with Crippen LogP contribution in [0.15, 0.2) is 97.2 Å². The molecule has 0 bridgehead atoms. The average molecular weight is 876 g/mol. The quantitative estimate of drug-likeness (QED) is 0.0348. The topological polar surface area (TPSA) is 228 Å². The summed E-state index contributed by atoms with van der Waals surface area (Å²) in [5, 5.41) is 86.3. The van der Waals surface area contributed by atoms with E-state index in [4.69, 9.17) is 18.9 Å². The third-order valence-corrected chi connectivity index (χ3v) is 10.3. The highest BCUT2D eigenvalue weighted by Crippen LogP contribution is 2.29. The van der Waals surface area contributed by atoms with Crippen molar-refractivity contribution >= 4 is 5.91 Å². The molecule has 0 aromatic heterocycles. The second kappa shape index (κ2) is 34.3. The van der Waals surface area contributed by atoms with Gasteiger partial charge < -0.3 is 65.1 Å². The summed E-state index contributed by atoms with van der Waals surface area (Å²) in [5.74, 6) is -0.295. The number of carbonyl (C=O) groups is 1. The molecule has 12 atom stereocenters. The predicted molar refractivity (Wildman–Crippen MR) is 239 cm³/mol. The van der Waals surface area contributed by atoms with Crippen LogP contribution in [0, 0.1) is 0 Å². The lowest BCUT2D eigenvalue weighted by Crippen LogP contribution is -2.65. The van der Waals surface area contributed by atoms with E-state index in [0.29, 0.717) is 12.8 Å². The number of aliphatic hydroxyl groups is 8. The molecule has 2 fully saturated rings. The maximum atomic E-state index is 13.1. The van der Waals surface area contributed by atoms with Crippen molar-refractivity contribution in [2.75, 3.05) is 19.8 Å². The van der Waals surface area contributed by atoms with Crippen LogP contribution in [0.1, 0.15) is 104 Å². The Kier molecular flexibility index (Phi) is 30.5. The first-order valence-corrected chi connectivity index (χ1v) is 22.4. The molecule has 14 heteroatoms. The highest BCUT2D eigenvalue weighted by atomic mass is 16.7. The smallest absolute Gasteiger partial charge is 0.220 e. The Morgan fingerprint density at radius 1 is 0.613 bits per heavy atom. The molecule has 2 heterocycles. The van der Waals surface area contributed by atoms with Gasteiger partial charge in [-0.25, -0.2) is 0 Å². The summed E-state index contributed by atoms with van der Waals surface area (Å²) in [5.41, 5.74) is 0. The molecule has 0 saturated carbocycles. The number of amides is 1. The Bertz CT molecular complexity index is 1410. The summed E-state index contributed by atoms with van der Waals surface area (Å²) in [6.45, 7) is 2.33. The molecule has 0 aromatic carbocycles. The van der Waals surface area contributed by atoms with Crippen LogP contribution >= 0.6 is 0 Å². The molecule has 0 aliphatic carbocycles. The summed E-state index contributed by atoms with van der Waals surface area (Å²) in [6.07, 6.45) is 27.7. The van der Waals surface area contributed by atoms with Crippen LogP contribution in [0.2, 0.25) is 0 Å². The van der Waals surface area contributed by atoms with Crippen molar-refractivity contribution in [3.05, 3.63) is 97.2 Å². The predicted octanol–water partition coefficient (Wildman–Crippen LogP) is 4.42. The molecule has 2 aliphatic rings. The Morgan fingerprint density at radius 2 is 1.15 bits per heavy atom. The SMILES string of the molecule is C/C=C/CC/C=C/CC/C=C/C(O)C(COC1OC(CO)C(OC2OC(CO)C(O)C(O)C2O)C(O)C1O)NC(=O)CCCCC/C=C\C/C=C\C/C=C\C/C=C\C/C=C\CC. The van der Waals surface area contributed by atoms with Crippen LogP contribution in [0.5, 0.6) is 0 Å². The first kappa shape index (κ1) is 55.0. The molecule has 1 amide bonds. The molecule has 0 aromatic rings. The van der Waals surface area contributed by atoms with E-state index < -0.39 is 86.8 Å². The standard InChI is InChI=1S/C48H77NO13/c1-3-5-7-9-11-13-14-15-16-17-18-19-20-21-22-24-26-28-30-32-40(53)49-36(37(52)31-29-27-25-23-12-10-8-6-4-2)35-59-47-45(58)43(56)46(39(34-51)61-47)62-48-44(57)42(55)41(54)38(33-50)60-48/h4-7,11-13,15-16,18-19,21-23,29,31,36-39,41-48,50-52,54-58H,3,8-10,14,17,20,24-28,30,32-35H2,1-2H3,(H,49,53)/b6-4+,7-5-,13-11-,16-15-,19-18-,22-21-,23-12+,31-29+. The Balaban J connectivity index is 1.89. The van der Waals surface area contributed by atoms with Crippen molar-refractivity contribution in [2.45, 2.75) is 177 Å². The van der Waals surface area contributed by atoms with Crippen LogP contribution in [-0.2, 0) is 23.7 Å². The zero-order chi connectivity index (χ0) is 45.4. The van der Waals surface area contributed by atoms with E-state index in [-0.39, 0.29) is 18.9 Å². The van der Waals surface area contributed by atoms with E-state index in [2.05, 4.69) is 91.2 Å². The minimum atomic E-state index is -1.80. The fourth-order valence-corrected chi connectivity index (χ4v) is 6.65. The van der Waals surface area contributed by atoms with Gasteiger partial charge in [0.25, 0.3) is 0 Å². The zero-order valence-corrected chi connectivity index (χ0v) is 36.8. The molecule has 9 N–H and O–H groups in total. The molecule has 2 rings (SSSR count). The van der Waals surface area contributed by atoms with Gasteiger partial charge in [0.05, 0.1) is 32.0 Å². The highest BCUT2D eigenvalue weighted by Gasteiger charge is 2.50. The molecular weight excluding hydrogens is 799 g/mol. The molecule has 62 heavy (non-hydrogen) atoms. The number of carbonyl (C=O) groups excluding carboxylic acids is 1. The van der Waals surface area contributed by atoms with Gasteiger partial charge >= 0.3 is 0 Å². The molecule has 14 nitrogen and oxygen atoms in total. The van der Waals surface area contributed by atoms with Crippen molar-refractivity contribution in [1.82, 2.24) is 5.32 Å². The van der Waals surface area contributed by atoms with E-state index in [1.807, 2.05) is 19.1 Å². The molecule has 2 aliphatic heterocycles. The number of aliphatic hydroxyl groups excluding tert-OH is 8. The van der Waals surface area contributed by atoms with Gasteiger partial charge in [-0.3, -0.25) is 4.79 Å². The van der Waals surface area contributed by atoms with Crippen molar-refractivity contribution in [2.24, 2.45) is 0 Å². The fraction of sp³-hybridized carbons (Fsp3) is 0.646. The molecule has 0 spiro atoms. The van der Waals surface area contributed by atoms with E-state index in [1.54, 1.807) is 6.08 Å². The molecule has 352 valence electrons. The first-order chi connectivity index (χ1) is 30.1. The van der Waals surface area contributed by atoms with E-state index in [1.165, 1.54) is 0 Å². The summed E-state index contributed by atoms with van der Waals surface area (Å²) in [7, 11) is 0. The van der Waals surface area contributed by atoms with Gasteiger partial charge in [-0.05, 0) is 84.0 Å². The first-order valence-electron chi connectivity index (χ1n) is 22.4. The zero-order valence-electron chi connectivity index (χ0n) is 36.8. The molecule has 2 saturated heterocycles. The number of hydrogen-bond acceptors (Lipinski definition) is 13. The van der Waals surface area contributed by atoms with Gasteiger partial charge in [0.2, 0.25) is 5.91 Å². The number of rotatable bonds is 31. The van der Waals surface area contributed by atoms with Crippen LogP contribution < -0.4 is 5.32 Å². The Hall–Kier alpha value is -3.09. The minimum absolute atomic E-state index is 0.224. The highest BCUT2D eigenvalue weighted by molar-refractivity contribution is 5.76. The summed E-state index contributed by atoms with van der Waals surface area (Å²) >= 11 is 0. The average Bonchev–Trinajstić information content (AvgIpc) is 3.27. The van der Waals surface area contributed by atoms with Crippen molar-refractivity contribution in [3.63, 3.8) is 0 Å². The summed E-state index contributed by atoms with van der Waals surface area (Å²) in [4.78, 5) is 13.1. The number of allylic oxidation sites excluding steroid dienone is 15. The Labute approximate surface area is 369 Å². The molecular formula is C48H77NO13. The monoisotopic (exact) mass is 876 g/mol. The summed E-state index contributed by atoms with van der Waals surface area (Å²) < 4.78 is 22.5. The lowest BCUT2D eigenvalue weighted by atomic mass is 9.97. The van der Waals surface area contributed by atoms with Gasteiger partial charge in [0, 0.05) is 6.42 Å². The van der Waals surface area contributed by atoms with Gasteiger partial charge in [-0.1, -0.05) is 111 Å². The lowest BCUT2D eigenvalue weighted by molar-refractivity contribution is -0.359. The lowest BCUT2D eigenvalue weighted by Gasteiger charge is -2.46. The van der Waals surface area contributed by atoms with Gasteiger partial charge in [0.1, 0.15) is 48.8 Å². The third-order valence-electron chi connectivity index (χ3n) is 10.3. The minimum Gasteiger partial charge on any atom is -0.394 e. The second-order valence-corrected chi connectivity index (χ2v) is 15.4. The number of nitrogens with one attached hydrogen (secondary N) is 1.